The molecule has 0 radical (unpaired) electrons. The maximum Gasteiger partial charge on any atom is 0.278 e. The first-order valence-electron chi connectivity index (χ1n) is 7.95. The zero-order valence-corrected chi connectivity index (χ0v) is 15.4. The summed E-state index contributed by atoms with van der Waals surface area (Å²) < 4.78 is 1.42. The number of nitrogens with one attached hydrogen (secondary N) is 2. The van der Waals surface area contributed by atoms with Gasteiger partial charge in [-0.1, -0.05) is 23.9 Å². The first-order chi connectivity index (χ1) is 12.3. The SMILES string of the molecule is CC(=O)c1cccc(NC(=O)CSc2nc3cc(C)[nH]c3c(=O)n2C)c1. The number of rotatable bonds is 5. The molecule has 7 nitrogen and oxygen atoms in total. The van der Waals surface area contributed by atoms with Crippen LogP contribution >= 0.6 is 11.8 Å². The molecule has 3 rings (SSSR count). The third-order valence-corrected chi connectivity index (χ3v) is 4.87. The van der Waals surface area contributed by atoms with E-state index < -0.39 is 0 Å². The number of aromatic nitrogens is 3. The van der Waals surface area contributed by atoms with Gasteiger partial charge in [0.05, 0.1) is 11.3 Å². The number of Topliss-reactive ketones (excluding diaryl/α,β-unsaturated/α-hetero) is 1. The van der Waals surface area contributed by atoms with Crippen LogP contribution in [-0.4, -0.2) is 32.0 Å². The molecule has 2 aromatic heterocycles. The number of carbonyl (C=O) groups excluding carboxylic acids is 2. The minimum atomic E-state index is -0.240. The highest BCUT2D eigenvalue weighted by Crippen LogP contribution is 2.18. The molecule has 3 aromatic rings. The number of ketones is 1. The van der Waals surface area contributed by atoms with Gasteiger partial charge >= 0.3 is 0 Å². The summed E-state index contributed by atoms with van der Waals surface area (Å²) in [5, 5.41) is 3.22. The summed E-state index contributed by atoms with van der Waals surface area (Å²) in [6.45, 7) is 3.33. The highest BCUT2D eigenvalue weighted by Gasteiger charge is 2.13. The topological polar surface area (TPSA) is 96.8 Å². The summed E-state index contributed by atoms with van der Waals surface area (Å²) >= 11 is 1.18. The molecule has 0 saturated carbocycles. The van der Waals surface area contributed by atoms with Crippen LogP contribution in [0.15, 0.2) is 40.3 Å². The van der Waals surface area contributed by atoms with Gasteiger partial charge in [-0.15, -0.1) is 0 Å². The van der Waals surface area contributed by atoms with Crippen molar-refractivity contribution in [2.24, 2.45) is 7.05 Å². The number of aryl methyl sites for hydroxylation is 1. The minimum absolute atomic E-state index is 0.0650. The Morgan fingerprint density at radius 1 is 1.31 bits per heavy atom. The van der Waals surface area contributed by atoms with Crippen LogP contribution in [0.3, 0.4) is 0 Å². The van der Waals surface area contributed by atoms with Gasteiger partial charge in [-0.25, -0.2) is 4.98 Å². The average Bonchev–Trinajstić information content (AvgIpc) is 2.97. The third kappa shape index (κ3) is 3.70. The number of carbonyl (C=O) groups is 2. The summed E-state index contributed by atoms with van der Waals surface area (Å²) in [6, 6.07) is 8.56. The number of hydrogen-bond donors (Lipinski definition) is 2. The van der Waals surface area contributed by atoms with E-state index in [-0.39, 0.29) is 23.0 Å². The first-order valence-corrected chi connectivity index (χ1v) is 8.93. The number of hydrogen-bond acceptors (Lipinski definition) is 5. The summed E-state index contributed by atoms with van der Waals surface area (Å²) in [6.07, 6.45) is 0. The zero-order valence-electron chi connectivity index (χ0n) is 14.6. The van der Waals surface area contributed by atoms with E-state index in [9.17, 15) is 14.4 Å². The van der Waals surface area contributed by atoms with Gasteiger partial charge in [0.15, 0.2) is 10.9 Å². The number of aromatic amines is 1. The lowest BCUT2D eigenvalue weighted by molar-refractivity contribution is -0.113. The van der Waals surface area contributed by atoms with Gasteiger partial charge in [0.2, 0.25) is 5.91 Å². The monoisotopic (exact) mass is 370 g/mol. The summed E-state index contributed by atoms with van der Waals surface area (Å²) in [4.78, 5) is 43.4. The Morgan fingerprint density at radius 3 is 2.81 bits per heavy atom. The number of fused-ring (bicyclic) bond motifs is 1. The number of benzene rings is 1. The van der Waals surface area contributed by atoms with Gasteiger partial charge in [-0.3, -0.25) is 19.0 Å². The molecular formula is C18H18N4O3S. The highest BCUT2D eigenvalue weighted by atomic mass is 32.2. The molecule has 0 spiro atoms. The van der Waals surface area contributed by atoms with Gasteiger partial charge in [0.1, 0.15) is 5.52 Å². The maximum absolute atomic E-state index is 12.3. The first kappa shape index (κ1) is 17.9. The van der Waals surface area contributed by atoms with Gasteiger partial charge in [-0.05, 0) is 32.0 Å². The molecular weight excluding hydrogens is 352 g/mol. The van der Waals surface area contributed by atoms with Crippen LogP contribution in [0.2, 0.25) is 0 Å². The van der Waals surface area contributed by atoms with E-state index in [0.717, 1.165) is 5.69 Å². The molecule has 0 aliphatic heterocycles. The average molecular weight is 370 g/mol. The van der Waals surface area contributed by atoms with Crippen molar-refractivity contribution in [3.8, 4) is 0 Å². The number of thioether (sulfide) groups is 1. The summed E-state index contributed by atoms with van der Waals surface area (Å²) in [5.41, 5.74) is 2.81. The molecule has 1 amide bonds. The summed E-state index contributed by atoms with van der Waals surface area (Å²) in [7, 11) is 1.63. The van der Waals surface area contributed by atoms with Crippen molar-refractivity contribution in [3.63, 3.8) is 0 Å². The quantitative estimate of drug-likeness (QED) is 0.409. The Kier molecular flexibility index (Phi) is 4.94. The van der Waals surface area contributed by atoms with E-state index in [2.05, 4.69) is 15.3 Å². The molecule has 26 heavy (non-hydrogen) atoms. The Balaban J connectivity index is 1.73. The van der Waals surface area contributed by atoms with E-state index >= 15 is 0 Å². The Labute approximate surface area is 153 Å². The van der Waals surface area contributed by atoms with E-state index in [1.54, 1.807) is 37.4 Å². The van der Waals surface area contributed by atoms with Crippen molar-refractivity contribution in [1.82, 2.24) is 14.5 Å². The molecule has 8 heteroatoms. The van der Waals surface area contributed by atoms with Crippen LogP contribution < -0.4 is 10.9 Å². The smallest absolute Gasteiger partial charge is 0.278 e. The van der Waals surface area contributed by atoms with Crippen LogP contribution in [0.25, 0.3) is 11.0 Å². The Bertz CT molecular complexity index is 1070. The van der Waals surface area contributed by atoms with Crippen LogP contribution in [-0.2, 0) is 11.8 Å². The minimum Gasteiger partial charge on any atom is -0.353 e. The molecule has 134 valence electrons. The largest absolute Gasteiger partial charge is 0.353 e. The van der Waals surface area contributed by atoms with E-state index in [4.69, 9.17) is 0 Å². The van der Waals surface area contributed by atoms with Gasteiger partial charge < -0.3 is 10.3 Å². The fraction of sp³-hybridized carbons (Fsp3) is 0.222. The van der Waals surface area contributed by atoms with Gasteiger partial charge in [-0.2, -0.15) is 0 Å². The lowest BCUT2D eigenvalue weighted by atomic mass is 10.1. The summed E-state index contributed by atoms with van der Waals surface area (Å²) in [5.74, 6) is -0.209. The fourth-order valence-corrected chi connectivity index (χ4v) is 3.30. The van der Waals surface area contributed by atoms with Crippen molar-refractivity contribution >= 4 is 40.2 Å². The Morgan fingerprint density at radius 2 is 2.08 bits per heavy atom. The lowest BCUT2D eigenvalue weighted by Gasteiger charge is -2.08. The van der Waals surface area contributed by atoms with Gasteiger partial charge in [0.25, 0.3) is 5.56 Å². The van der Waals surface area contributed by atoms with Crippen molar-refractivity contribution < 1.29 is 9.59 Å². The van der Waals surface area contributed by atoms with E-state index in [0.29, 0.717) is 27.4 Å². The van der Waals surface area contributed by atoms with E-state index in [1.807, 2.05) is 6.92 Å². The molecule has 0 fully saturated rings. The molecule has 0 unspecified atom stereocenters. The van der Waals surface area contributed by atoms with Crippen LogP contribution in [0.4, 0.5) is 5.69 Å². The van der Waals surface area contributed by atoms with Crippen molar-refractivity contribution in [2.75, 3.05) is 11.1 Å². The maximum atomic E-state index is 12.3. The van der Waals surface area contributed by atoms with Crippen molar-refractivity contribution in [1.29, 1.82) is 0 Å². The Hall–Kier alpha value is -2.87. The predicted octanol–water partition coefficient (Wildman–Crippen LogP) is 2.50. The third-order valence-electron chi connectivity index (χ3n) is 3.84. The fourth-order valence-electron chi connectivity index (χ4n) is 2.53. The second kappa shape index (κ2) is 7.17. The second-order valence-corrected chi connectivity index (χ2v) is 6.89. The molecule has 0 atom stereocenters. The molecule has 2 heterocycles. The predicted molar refractivity (Wildman–Crippen MR) is 102 cm³/mol. The standard InChI is InChI=1S/C18H18N4O3S/c1-10-7-14-16(19-10)17(25)22(3)18(21-14)26-9-15(24)20-13-6-4-5-12(8-13)11(2)23/h4-8,19H,9H2,1-3H3,(H,20,24). The van der Waals surface area contributed by atoms with E-state index in [1.165, 1.54) is 23.3 Å². The van der Waals surface area contributed by atoms with Crippen LogP contribution in [0.1, 0.15) is 23.0 Å². The normalized spacial score (nSPS) is 10.9. The molecule has 0 saturated heterocycles. The highest BCUT2D eigenvalue weighted by molar-refractivity contribution is 7.99. The van der Waals surface area contributed by atoms with Gasteiger partial charge in [0, 0.05) is 24.0 Å². The number of amides is 1. The molecule has 2 N–H and O–H groups in total. The van der Waals surface area contributed by atoms with Crippen LogP contribution in [0, 0.1) is 6.92 Å². The van der Waals surface area contributed by atoms with Crippen molar-refractivity contribution in [2.45, 2.75) is 19.0 Å². The molecule has 0 aliphatic carbocycles. The lowest BCUT2D eigenvalue weighted by Crippen LogP contribution is -2.21. The molecule has 0 aliphatic rings. The second-order valence-electron chi connectivity index (χ2n) is 5.94. The molecule has 0 bridgehead atoms. The van der Waals surface area contributed by atoms with Crippen LogP contribution in [0.5, 0.6) is 0 Å². The number of anilines is 1. The molecule has 1 aromatic carbocycles. The number of nitrogens with zero attached hydrogens (tertiary/aromatic N) is 2. The van der Waals surface area contributed by atoms with Crippen molar-refractivity contribution in [3.05, 3.63) is 51.9 Å². The zero-order chi connectivity index (χ0) is 18.8. The number of H-pyrrole nitrogens is 1.